The highest BCUT2D eigenvalue weighted by atomic mass is 19.3. The first-order chi connectivity index (χ1) is 6.65. The van der Waals surface area contributed by atoms with Gasteiger partial charge in [-0.25, -0.2) is 9.78 Å². The van der Waals surface area contributed by atoms with Crippen LogP contribution in [0, 0.1) is 0 Å². The van der Waals surface area contributed by atoms with Crippen molar-refractivity contribution in [2.24, 2.45) is 0 Å². The number of aromatic nitrogens is 1. The van der Waals surface area contributed by atoms with Crippen molar-refractivity contribution in [3.05, 3.63) is 17.8 Å². The van der Waals surface area contributed by atoms with Gasteiger partial charge in [0.1, 0.15) is 6.26 Å². The number of hydrogen-bond donors (Lipinski definition) is 1. The molecule has 0 unspecified atom stereocenters. The van der Waals surface area contributed by atoms with Crippen molar-refractivity contribution in [1.82, 2.24) is 4.98 Å². The van der Waals surface area contributed by atoms with E-state index in [1.54, 1.807) is 20.8 Å². The molecule has 1 aromatic heterocycles. The van der Waals surface area contributed by atoms with Gasteiger partial charge in [0.25, 0.3) is 5.89 Å². The molecule has 6 heteroatoms. The number of hydrogen-bond acceptors (Lipinski definition) is 3. The van der Waals surface area contributed by atoms with Gasteiger partial charge in [0.2, 0.25) is 0 Å². The number of halogens is 2. The summed E-state index contributed by atoms with van der Waals surface area (Å²) in [6.07, 6.45) is 1.05. The lowest BCUT2D eigenvalue weighted by Crippen LogP contribution is -2.26. The van der Waals surface area contributed by atoms with Gasteiger partial charge < -0.3 is 9.52 Å². The monoisotopic (exact) mass is 219 g/mol. The van der Waals surface area contributed by atoms with Crippen molar-refractivity contribution < 1.29 is 23.1 Å². The molecule has 4 nitrogen and oxygen atoms in total. The van der Waals surface area contributed by atoms with E-state index < -0.39 is 23.2 Å². The highest BCUT2D eigenvalue weighted by Gasteiger charge is 2.46. The van der Waals surface area contributed by atoms with Crippen molar-refractivity contribution in [2.45, 2.75) is 32.1 Å². The normalized spacial score (nSPS) is 12.9. The Balaban J connectivity index is 3.10. The van der Waals surface area contributed by atoms with E-state index in [9.17, 15) is 13.6 Å². The Bertz CT molecular complexity index is 379. The predicted molar refractivity (Wildman–Crippen MR) is 46.7 cm³/mol. The number of oxazole rings is 1. The minimum atomic E-state index is -4.08. The maximum atomic E-state index is 12.9. The molecule has 1 N–H and O–H groups in total. The summed E-state index contributed by atoms with van der Waals surface area (Å²) >= 11 is 0. The first-order valence-corrected chi connectivity index (χ1v) is 4.23. The maximum Gasteiger partial charge on any atom is 0.416 e. The van der Waals surface area contributed by atoms with Gasteiger partial charge in [-0.1, -0.05) is 20.8 Å². The lowest BCUT2D eigenvalue weighted by atomic mass is 9.93. The van der Waals surface area contributed by atoms with Crippen LogP contribution in [0.25, 0.3) is 0 Å². The summed E-state index contributed by atoms with van der Waals surface area (Å²) < 4.78 is 30.3. The summed E-state index contributed by atoms with van der Waals surface area (Å²) in [5.41, 5.74) is -0.172. The number of aliphatic carboxylic acids is 1. The summed E-state index contributed by atoms with van der Waals surface area (Å²) in [4.78, 5) is 13.7. The van der Waals surface area contributed by atoms with Crippen LogP contribution >= 0.6 is 0 Å². The number of carboxylic acid groups (broad SMARTS) is 1. The second-order valence-electron chi connectivity index (χ2n) is 4.17. The van der Waals surface area contributed by atoms with Crippen molar-refractivity contribution in [3.8, 4) is 0 Å². The fourth-order valence-electron chi connectivity index (χ4n) is 0.854. The van der Waals surface area contributed by atoms with Crippen LogP contribution < -0.4 is 0 Å². The topological polar surface area (TPSA) is 63.3 Å². The zero-order chi connectivity index (χ0) is 11.9. The van der Waals surface area contributed by atoms with Gasteiger partial charge in [-0.3, -0.25) is 0 Å². The third kappa shape index (κ3) is 2.14. The molecule has 0 bridgehead atoms. The first-order valence-electron chi connectivity index (χ1n) is 4.23. The highest BCUT2D eigenvalue weighted by molar-refractivity contribution is 5.75. The number of alkyl halides is 2. The zero-order valence-electron chi connectivity index (χ0n) is 8.54. The Hall–Kier alpha value is -1.46. The van der Waals surface area contributed by atoms with Gasteiger partial charge in [0.05, 0.1) is 5.69 Å². The molecule has 0 fully saturated rings. The molecule has 1 rings (SSSR count). The van der Waals surface area contributed by atoms with Crippen LogP contribution in [0.5, 0.6) is 0 Å². The van der Waals surface area contributed by atoms with Crippen LogP contribution in [-0.2, 0) is 16.1 Å². The largest absolute Gasteiger partial charge is 0.476 e. The third-order valence-corrected chi connectivity index (χ3v) is 1.81. The molecule has 0 aromatic carbocycles. The smallest absolute Gasteiger partial charge is 0.416 e. The summed E-state index contributed by atoms with van der Waals surface area (Å²) in [7, 11) is 0. The van der Waals surface area contributed by atoms with E-state index in [0.717, 1.165) is 6.26 Å². The van der Waals surface area contributed by atoms with E-state index in [2.05, 4.69) is 9.40 Å². The molecule has 84 valence electrons. The quantitative estimate of drug-likeness (QED) is 0.827. The second-order valence-corrected chi connectivity index (χ2v) is 4.17. The van der Waals surface area contributed by atoms with E-state index >= 15 is 0 Å². The SMILES string of the molecule is CC(C)(C)c1coc(C(F)(F)C(=O)O)n1. The molecule has 0 radical (unpaired) electrons. The molecule has 0 aliphatic rings. The number of carbonyl (C=O) groups is 1. The maximum absolute atomic E-state index is 12.9. The molecule has 0 aliphatic heterocycles. The Morgan fingerprint density at radius 1 is 1.47 bits per heavy atom. The highest BCUT2D eigenvalue weighted by Crippen LogP contribution is 2.30. The van der Waals surface area contributed by atoms with E-state index in [0.29, 0.717) is 5.69 Å². The Morgan fingerprint density at radius 2 is 2.00 bits per heavy atom. The van der Waals surface area contributed by atoms with E-state index in [4.69, 9.17) is 5.11 Å². The molecule has 0 spiro atoms. The minimum Gasteiger partial charge on any atom is -0.476 e. The summed E-state index contributed by atoms with van der Waals surface area (Å²) in [5, 5.41) is 8.26. The standard InChI is InChI=1S/C9H11F2NO3/c1-8(2,3)5-4-15-6(12-5)9(10,11)7(13)14/h4H,1-3H3,(H,13,14). The van der Waals surface area contributed by atoms with E-state index in [-0.39, 0.29) is 0 Å². The van der Waals surface area contributed by atoms with Gasteiger partial charge >= 0.3 is 11.9 Å². The van der Waals surface area contributed by atoms with Gasteiger partial charge in [0, 0.05) is 5.41 Å². The third-order valence-electron chi connectivity index (χ3n) is 1.81. The van der Waals surface area contributed by atoms with Crippen molar-refractivity contribution in [3.63, 3.8) is 0 Å². The first kappa shape index (κ1) is 11.6. The van der Waals surface area contributed by atoms with Crippen molar-refractivity contribution in [2.75, 3.05) is 0 Å². The lowest BCUT2D eigenvalue weighted by Gasteiger charge is -2.13. The molecule has 1 aromatic rings. The van der Waals surface area contributed by atoms with Crippen LogP contribution in [0.15, 0.2) is 10.7 Å². The molecule has 0 amide bonds. The molecule has 1 heterocycles. The average Bonchev–Trinajstić information content (AvgIpc) is 2.50. The van der Waals surface area contributed by atoms with Gasteiger partial charge in [-0.2, -0.15) is 8.78 Å². The number of rotatable bonds is 2. The van der Waals surface area contributed by atoms with Crippen molar-refractivity contribution >= 4 is 5.97 Å². The fourth-order valence-corrected chi connectivity index (χ4v) is 0.854. The van der Waals surface area contributed by atoms with Crippen LogP contribution in [0.2, 0.25) is 0 Å². The number of nitrogens with zero attached hydrogens (tertiary/aromatic N) is 1. The Kier molecular flexibility index (Phi) is 2.54. The minimum absolute atomic E-state index is 0.290. The second kappa shape index (κ2) is 3.29. The molecule has 0 aliphatic carbocycles. The van der Waals surface area contributed by atoms with E-state index in [1.807, 2.05) is 0 Å². The van der Waals surface area contributed by atoms with E-state index in [1.165, 1.54) is 0 Å². The molecule has 0 saturated carbocycles. The van der Waals surface area contributed by atoms with Gasteiger partial charge in [-0.05, 0) is 0 Å². The van der Waals surface area contributed by atoms with Crippen molar-refractivity contribution in [1.29, 1.82) is 0 Å². The van der Waals surface area contributed by atoms with Gasteiger partial charge in [-0.15, -0.1) is 0 Å². The molecule has 0 saturated heterocycles. The number of carboxylic acids is 1. The lowest BCUT2D eigenvalue weighted by molar-refractivity contribution is -0.169. The van der Waals surface area contributed by atoms with Crippen LogP contribution in [0.3, 0.4) is 0 Å². The molecule has 15 heavy (non-hydrogen) atoms. The Labute approximate surface area is 84.9 Å². The molecular formula is C9H11F2NO3. The van der Waals surface area contributed by atoms with Crippen LogP contribution in [0.1, 0.15) is 32.4 Å². The average molecular weight is 219 g/mol. The molecule has 0 atom stereocenters. The zero-order valence-corrected chi connectivity index (χ0v) is 8.54. The fraction of sp³-hybridized carbons (Fsp3) is 0.556. The Morgan fingerprint density at radius 3 is 2.33 bits per heavy atom. The summed E-state index contributed by atoms with van der Waals surface area (Å²) in [6, 6.07) is 0. The van der Waals surface area contributed by atoms with Crippen LogP contribution in [-0.4, -0.2) is 16.1 Å². The summed E-state index contributed by atoms with van der Waals surface area (Å²) in [6.45, 7) is 5.27. The van der Waals surface area contributed by atoms with Crippen LogP contribution in [0.4, 0.5) is 8.78 Å². The summed E-state index contributed by atoms with van der Waals surface area (Å²) in [5.74, 6) is -7.44. The molecular weight excluding hydrogens is 208 g/mol. The van der Waals surface area contributed by atoms with Gasteiger partial charge in [0.15, 0.2) is 0 Å². The predicted octanol–water partition coefficient (Wildman–Crippen LogP) is 2.15.